The Hall–Kier alpha value is -2.13. The molecule has 9 heteroatoms. The van der Waals surface area contributed by atoms with Crippen LogP contribution in [0.1, 0.15) is 27.7 Å². The van der Waals surface area contributed by atoms with Gasteiger partial charge in [-0.2, -0.15) is 0 Å². The second-order valence-corrected chi connectivity index (χ2v) is 8.75. The quantitative estimate of drug-likeness (QED) is 0.785. The molecule has 0 bridgehead atoms. The average molecular weight is 391 g/mol. The molecule has 8 nitrogen and oxygen atoms in total. The van der Waals surface area contributed by atoms with E-state index in [-0.39, 0.29) is 16.7 Å². The number of amides is 1. The van der Waals surface area contributed by atoms with E-state index < -0.39 is 0 Å². The SMILES string of the molecule is CC(Sc1nnnn1C(C)(C)C)C(=O)Nc1ccc(N2CCOCC2)cc1. The molecule has 2 aromatic rings. The number of nitrogens with one attached hydrogen (secondary N) is 1. The number of benzene rings is 1. The van der Waals surface area contributed by atoms with Gasteiger partial charge in [-0.15, -0.1) is 5.10 Å². The van der Waals surface area contributed by atoms with E-state index in [1.807, 2.05) is 52.0 Å². The van der Waals surface area contributed by atoms with Crippen molar-refractivity contribution in [3.8, 4) is 0 Å². The third-order valence-corrected chi connectivity index (χ3v) is 5.27. The number of hydrogen-bond acceptors (Lipinski definition) is 7. The van der Waals surface area contributed by atoms with Gasteiger partial charge in [0.25, 0.3) is 0 Å². The number of morpholine rings is 1. The van der Waals surface area contributed by atoms with Gasteiger partial charge in [0.2, 0.25) is 11.1 Å². The number of ether oxygens (including phenoxy) is 1. The van der Waals surface area contributed by atoms with Gasteiger partial charge in [0.1, 0.15) is 0 Å². The van der Waals surface area contributed by atoms with Gasteiger partial charge in [-0.3, -0.25) is 4.79 Å². The molecule has 1 aliphatic rings. The molecule has 1 N–H and O–H groups in total. The molecule has 27 heavy (non-hydrogen) atoms. The normalized spacial score (nSPS) is 16.2. The van der Waals surface area contributed by atoms with Crippen LogP contribution < -0.4 is 10.2 Å². The van der Waals surface area contributed by atoms with E-state index in [0.717, 1.165) is 37.7 Å². The van der Waals surface area contributed by atoms with Crippen molar-refractivity contribution in [2.24, 2.45) is 0 Å². The molecule has 1 aromatic heterocycles. The number of carbonyl (C=O) groups is 1. The van der Waals surface area contributed by atoms with Crippen molar-refractivity contribution in [2.45, 2.75) is 43.6 Å². The number of nitrogens with zero attached hydrogens (tertiary/aromatic N) is 5. The summed E-state index contributed by atoms with van der Waals surface area (Å²) in [7, 11) is 0. The lowest BCUT2D eigenvalue weighted by atomic mass is 10.1. The number of tetrazole rings is 1. The second kappa shape index (κ2) is 8.26. The summed E-state index contributed by atoms with van der Waals surface area (Å²) < 4.78 is 7.11. The van der Waals surface area contributed by atoms with Crippen LogP contribution in [-0.2, 0) is 15.1 Å². The van der Waals surface area contributed by atoms with Crippen molar-refractivity contribution in [1.82, 2.24) is 20.2 Å². The predicted octanol–water partition coefficient (Wildman–Crippen LogP) is 2.38. The number of anilines is 2. The summed E-state index contributed by atoms with van der Waals surface area (Å²) in [6.07, 6.45) is 0. The molecule has 1 aromatic carbocycles. The lowest BCUT2D eigenvalue weighted by Gasteiger charge is -2.29. The fourth-order valence-electron chi connectivity index (χ4n) is 2.71. The summed E-state index contributed by atoms with van der Waals surface area (Å²) in [6, 6.07) is 7.91. The molecular weight excluding hydrogens is 364 g/mol. The molecule has 0 spiro atoms. The summed E-state index contributed by atoms with van der Waals surface area (Å²) in [5, 5.41) is 15.1. The van der Waals surface area contributed by atoms with E-state index in [9.17, 15) is 4.79 Å². The zero-order chi connectivity index (χ0) is 19.4. The van der Waals surface area contributed by atoms with Crippen molar-refractivity contribution < 1.29 is 9.53 Å². The predicted molar refractivity (Wildman–Crippen MR) is 106 cm³/mol. The van der Waals surface area contributed by atoms with Crippen LogP contribution >= 0.6 is 11.8 Å². The highest BCUT2D eigenvalue weighted by molar-refractivity contribution is 8.00. The first kappa shape index (κ1) is 19.6. The fraction of sp³-hybridized carbons (Fsp3) is 0.556. The van der Waals surface area contributed by atoms with Crippen molar-refractivity contribution in [3.63, 3.8) is 0 Å². The molecule has 1 fully saturated rings. The van der Waals surface area contributed by atoms with Gasteiger partial charge in [0, 0.05) is 24.5 Å². The van der Waals surface area contributed by atoms with Crippen molar-refractivity contribution in [1.29, 1.82) is 0 Å². The van der Waals surface area contributed by atoms with E-state index >= 15 is 0 Å². The zero-order valence-corrected chi connectivity index (χ0v) is 17.0. The minimum atomic E-state index is -0.323. The number of aromatic nitrogens is 4. The summed E-state index contributed by atoms with van der Waals surface area (Å²) in [5.41, 5.74) is 1.68. The van der Waals surface area contributed by atoms with E-state index in [0.29, 0.717) is 5.16 Å². The highest BCUT2D eigenvalue weighted by Crippen LogP contribution is 2.26. The fourth-order valence-corrected chi connectivity index (χ4v) is 3.68. The molecule has 0 saturated carbocycles. The maximum absolute atomic E-state index is 12.5. The monoisotopic (exact) mass is 390 g/mol. The minimum absolute atomic E-state index is 0.0809. The van der Waals surface area contributed by atoms with Crippen LogP contribution in [0.4, 0.5) is 11.4 Å². The first-order valence-corrected chi connectivity index (χ1v) is 9.92. The van der Waals surface area contributed by atoms with Gasteiger partial charge >= 0.3 is 0 Å². The Morgan fingerprint density at radius 2 is 1.89 bits per heavy atom. The standard InChI is InChI=1S/C18H26N6O2S/c1-13(27-17-20-21-22-24(17)18(2,3)4)16(25)19-14-5-7-15(8-6-14)23-9-11-26-12-10-23/h5-8,13H,9-12H2,1-4H3,(H,19,25). The number of carbonyl (C=O) groups excluding carboxylic acids is 1. The number of rotatable bonds is 5. The van der Waals surface area contributed by atoms with Gasteiger partial charge in [-0.1, -0.05) is 11.8 Å². The molecule has 0 radical (unpaired) electrons. The van der Waals surface area contributed by atoms with Crippen molar-refractivity contribution >= 4 is 29.0 Å². The molecule has 1 atom stereocenters. The zero-order valence-electron chi connectivity index (χ0n) is 16.2. The third kappa shape index (κ3) is 4.98. The maximum Gasteiger partial charge on any atom is 0.237 e. The summed E-state index contributed by atoms with van der Waals surface area (Å²) in [5.74, 6) is -0.0809. The van der Waals surface area contributed by atoms with Gasteiger partial charge in [-0.05, 0) is 62.4 Å². The van der Waals surface area contributed by atoms with Crippen LogP contribution in [0.15, 0.2) is 29.4 Å². The minimum Gasteiger partial charge on any atom is -0.378 e. The summed E-state index contributed by atoms with van der Waals surface area (Å²) in [4.78, 5) is 14.8. The van der Waals surface area contributed by atoms with Crippen LogP contribution in [0.2, 0.25) is 0 Å². The van der Waals surface area contributed by atoms with Crippen LogP contribution in [0.5, 0.6) is 0 Å². The van der Waals surface area contributed by atoms with Crippen LogP contribution in [0.25, 0.3) is 0 Å². The Morgan fingerprint density at radius 3 is 2.52 bits per heavy atom. The van der Waals surface area contributed by atoms with E-state index in [1.54, 1.807) is 4.68 Å². The largest absolute Gasteiger partial charge is 0.378 e. The van der Waals surface area contributed by atoms with Crippen molar-refractivity contribution in [3.05, 3.63) is 24.3 Å². The van der Waals surface area contributed by atoms with Gasteiger partial charge < -0.3 is 15.0 Å². The molecular formula is C18H26N6O2S. The third-order valence-electron chi connectivity index (χ3n) is 4.24. The van der Waals surface area contributed by atoms with E-state index in [1.165, 1.54) is 11.8 Å². The Balaban J connectivity index is 1.59. The summed E-state index contributed by atoms with van der Waals surface area (Å²) >= 11 is 1.35. The Kier molecular flexibility index (Phi) is 6.01. The van der Waals surface area contributed by atoms with Gasteiger partial charge in [0.05, 0.1) is 24.0 Å². The molecule has 2 heterocycles. The number of hydrogen-bond donors (Lipinski definition) is 1. The first-order chi connectivity index (χ1) is 12.8. The maximum atomic E-state index is 12.5. The van der Waals surface area contributed by atoms with Gasteiger partial charge in [-0.25, -0.2) is 4.68 Å². The van der Waals surface area contributed by atoms with Crippen LogP contribution in [0.3, 0.4) is 0 Å². The number of thioether (sulfide) groups is 1. The highest BCUT2D eigenvalue weighted by atomic mass is 32.2. The lowest BCUT2D eigenvalue weighted by Crippen LogP contribution is -2.36. The average Bonchev–Trinajstić information content (AvgIpc) is 3.11. The summed E-state index contributed by atoms with van der Waals surface area (Å²) in [6.45, 7) is 11.2. The molecule has 146 valence electrons. The molecule has 1 amide bonds. The Labute approximate surface area is 163 Å². The first-order valence-electron chi connectivity index (χ1n) is 9.04. The molecule has 0 aliphatic carbocycles. The molecule has 3 rings (SSSR count). The van der Waals surface area contributed by atoms with E-state index in [2.05, 4.69) is 25.7 Å². The Bertz CT molecular complexity index is 765. The second-order valence-electron chi connectivity index (χ2n) is 7.44. The van der Waals surface area contributed by atoms with Crippen LogP contribution in [-0.4, -0.2) is 57.7 Å². The smallest absolute Gasteiger partial charge is 0.237 e. The highest BCUT2D eigenvalue weighted by Gasteiger charge is 2.24. The topological polar surface area (TPSA) is 85.2 Å². The van der Waals surface area contributed by atoms with Crippen LogP contribution in [0, 0.1) is 0 Å². The lowest BCUT2D eigenvalue weighted by molar-refractivity contribution is -0.115. The molecule has 1 aliphatic heterocycles. The Morgan fingerprint density at radius 1 is 1.22 bits per heavy atom. The molecule has 1 unspecified atom stereocenters. The molecule has 1 saturated heterocycles. The van der Waals surface area contributed by atoms with Crippen molar-refractivity contribution in [2.75, 3.05) is 36.5 Å². The van der Waals surface area contributed by atoms with Gasteiger partial charge in [0.15, 0.2) is 0 Å². The van der Waals surface area contributed by atoms with E-state index in [4.69, 9.17) is 4.74 Å².